The van der Waals surface area contributed by atoms with E-state index in [4.69, 9.17) is 11.6 Å². The fourth-order valence-electron chi connectivity index (χ4n) is 1.80. The van der Waals surface area contributed by atoms with Crippen molar-refractivity contribution in [3.8, 4) is 0 Å². The molecule has 2 aromatic rings. The number of hydrogen-bond donors (Lipinski definition) is 1. The third kappa shape index (κ3) is 4.06. The van der Waals surface area contributed by atoms with Crippen molar-refractivity contribution in [2.75, 3.05) is 0 Å². The van der Waals surface area contributed by atoms with Crippen LogP contribution in [0.2, 0.25) is 5.02 Å². The van der Waals surface area contributed by atoms with Gasteiger partial charge in [-0.05, 0) is 49.2 Å². The van der Waals surface area contributed by atoms with Crippen LogP contribution in [0.5, 0.6) is 0 Å². The number of benzene rings is 2. The molecule has 0 aromatic heterocycles. The summed E-state index contributed by atoms with van der Waals surface area (Å²) in [7, 11) is -3.67. The highest BCUT2D eigenvalue weighted by Crippen LogP contribution is 2.14. The van der Waals surface area contributed by atoms with Crippen LogP contribution >= 0.6 is 11.6 Å². The molecule has 0 heterocycles. The highest BCUT2D eigenvalue weighted by Gasteiger charge is 2.11. The molecule has 1 N–H and O–H groups in total. The third-order valence-corrected chi connectivity index (χ3v) is 4.42. The Hall–Kier alpha value is -1.85. The van der Waals surface area contributed by atoms with Gasteiger partial charge in [0.05, 0.1) is 11.1 Å². The summed E-state index contributed by atoms with van der Waals surface area (Å²) in [5.41, 5.74) is 3.04. The number of nitrogens with one attached hydrogen (secondary N) is 1. The van der Waals surface area contributed by atoms with Crippen LogP contribution in [0, 0.1) is 13.8 Å². The maximum atomic E-state index is 12.0. The predicted octanol–water partition coefficient (Wildman–Crippen LogP) is 3.27. The van der Waals surface area contributed by atoms with E-state index in [1.165, 1.54) is 30.5 Å². The molecule has 0 amide bonds. The summed E-state index contributed by atoms with van der Waals surface area (Å²) in [5, 5.41) is 4.29. The molecule has 0 aliphatic rings. The Morgan fingerprint density at radius 2 is 1.76 bits per heavy atom. The van der Waals surface area contributed by atoms with Gasteiger partial charge in [-0.1, -0.05) is 35.4 Å². The lowest BCUT2D eigenvalue weighted by Crippen LogP contribution is -2.18. The first-order chi connectivity index (χ1) is 9.88. The van der Waals surface area contributed by atoms with Crippen LogP contribution in [0.3, 0.4) is 0 Å². The summed E-state index contributed by atoms with van der Waals surface area (Å²) in [6, 6.07) is 11.7. The minimum atomic E-state index is -3.67. The van der Waals surface area contributed by atoms with Gasteiger partial charge in [0.15, 0.2) is 0 Å². The fraction of sp³-hybridized carbons (Fsp3) is 0.133. The van der Waals surface area contributed by atoms with E-state index in [0.29, 0.717) is 5.02 Å². The molecule has 2 aromatic carbocycles. The average molecular weight is 323 g/mol. The molecule has 6 heteroatoms. The first-order valence-corrected chi connectivity index (χ1v) is 8.12. The number of halogens is 1. The molecule has 0 atom stereocenters. The SMILES string of the molecule is Cc1ccc(C=NNS(=O)(=O)c2ccc(Cl)cc2)c(C)c1. The Morgan fingerprint density at radius 1 is 1.10 bits per heavy atom. The summed E-state index contributed by atoms with van der Waals surface area (Å²) in [5.74, 6) is 0. The van der Waals surface area contributed by atoms with Gasteiger partial charge < -0.3 is 0 Å². The molecule has 0 saturated carbocycles. The molecule has 2 rings (SSSR count). The standard InChI is InChI=1S/C15H15ClN2O2S/c1-11-3-4-13(12(2)9-11)10-17-18-21(19,20)15-7-5-14(16)6-8-15/h3-10,18H,1-2H3. The maximum absolute atomic E-state index is 12.0. The minimum Gasteiger partial charge on any atom is -0.200 e. The number of sulfonamides is 1. The van der Waals surface area contributed by atoms with Crippen molar-refractivity contribution in [1.29, 1.82) is 0 Å². The zero-order valence-corrected chi connectivity index (χ0v) is 13.2. The quantitative estimate of drug-likeness (QED) is 0.693. The van der Waals surface area contributed by atoms with Crippen molar-refractivity contribution in [1.82, 2.24) is 4.83 Å². The molecule has 110 valence electrons. The van der Waals surface area contributed by atoms with E-state index >= 15 is 0 Å². The van der Waals surface area contributed by atoms with Crippen molar-refractivity contribution >= 4 is 27.8 Å². The van der Waals surface area contributed by atoms with Crippen LogP contribution < -0.4 is 4.83 Å². The molecule has 0 radical (unpaired) electrons. The topological polar surface area (TPSA) is 58.5 Å². The third-order valence-electron chi connectivity index (χ3n) is 2.93. The van der Waals surface area contributed by atoms with Gasteiger partial charge in [-0.2, -0.15) is 13.5 Å². The lowest BCUT2D eigenvalue weighted by molar-refractivity contribution is 0.584. The largest absolute Gasteiger partial charge is 0.276 e. The van der Waals surface area contributed by atoms with Gasteiger partial charge in [0, 0.05) is 5.02 Å². The van der Waals surface area contributed by atoms with Crippen molar-refractivity contribution in [3.63, 3.8) is 0 Å². The van der Waals surface area contributed by atoms with E-state index in [9.17, 15) is 8.42 Å². The van der Waals surface area contributed by atoms with Crippen LogP contribution in [0.25, 0.3) is 0 Å². The number of hydrogen-bond acceptors (Lipinski definition) is 3. The number of nitrogens with zero attached hydrogens (tertiary/aromatic N) is 1. The minimum absolute atomic E-state index is 0.115. The molecular weight excluding hydrogens is 308 g/mol. The van der Waals surface area contributed by atoms with Crippen LogP contribution in [-0.2, 0) is 10.0 Å². The average Bonchev–Trinajstić information content (AvgIpc) is 2.41. The van der Waals surface area contributed by atoms with Crippen LogP contribution in [0.1, 0.15) is 16.7 Å². The van der Waals surface area contributed by atoms with Crippen molar-refractivity contribution in [2.45, 2.75) is 18.7 Å². The van der Waals surface area contributed by atoms with Crippen LogP contribution in [0.15, 0.2) is 52.5 Å². The van der Waals surface area contributed by atoms with Crippen molar-refractivity contribution < 1.29 is 8.42 Å². The molecule has 0 spiro atoms. The van der Waals surface area contributed by atoms with Gasteiger partial charge in [0.2, 0.25) is 0 Å². The van der Waals surface area contributed by atoms with E-state index in [1.54, 1.807) is 0 Å². The Labute approximate surface area is 129 Å². The molecule has 0 saturated heterocycles. The van der Waals surface area contributed by atoms with Crippen molar-refractivity contribution in [2.24, 2.45) is 5.10 Å². The van der Waals surface area contributed by atoms with Gasteiger partial charge >= 0.3 is 0 Å². The Bertz CT molecular complexity index is 769. The normalized spacial score (nSPS) is 11.8. The summed E-state index contributed by atoms with van der Waals surface area (Å²) in [4.78, 5) is 2.30. The summed E-state index contributed by atoms with van der Waals surface area (Å²) in [6.45, 7) is 3.94. The van der Waals surface area contributed by atoms with Gasteiger partial charge in [0.1, 0.15) is 0 Å². The van der Waals surface area contributed by atoms with Crippen molar-refractivity contribution in [3.05, 3.63) is 64.2 Å². The molecule has 0 unspecified atom stereocenters. The summed E-state index contributed by atoms with van der Waals surface area (Å²) >= 11 is 5.73. The molecule has 21 heavy (non-hydrogen) atoms. The van der Waals surface area contributed by atoms with E-state index < -0.39 is 10.0 Å². The first-order valence-electron chi connectivity index (χ1n) is 6.26. The zero-order chi connectivity index (χ0) is 15.5. The second-order valence-electron chi connectivity index (χ2n) is 4.67. The summed E-state index contributed by atoms with van der Waals surface area (Å²) < 4.78 is 24.0. The highest BCUT2D eigenvalue weighted by atomic mass is 35.5. The first kappa shape index (κ1) is 15.5. The number of hydrazone groups is 1. The second-order valence-corrected chi connectivity index (χ2v) is 6.76. The van der Waals surface area contributed by atoms with Gasteiger partial charge in [0.25, 0.3) is 10.0 Å². The smallest absolute Gasteiger partial charge is 0.200 e. The lowest BCUT2D eigenvalue weighted by atomic mass is 10.1. The second kappa shape index (κ2) is 6.28. The van der Waals surface area contributed by atoms with Crippen LogP contribution in [-0.4, -0.2) is 14.6 Å². The van der Waals surface area contributed by atoms with Gasteiger partial charge in [-0.3, -0.25) is 0 Å². The molecule has 0 bridgehead atoms. The van der Waals surface area contributed by atoms with Gasteiger partial charge in [-0.25, -0.2) is 4.83 Å². The molecule has 0 aliphatic carbocycles. The van der Waals surface area contributed by atoms with E-state index in [1.807, 2.05) is 32.0 Å². The maximum Gasteiger partial charge on any atom is 0.276 e. The molecule has 0 fully saturated rings. The fourth-order valence-corrected chi connectivity index (χ4v) is 2.72. The van der Waals surface area contributed by atoms with E-state index in [0.717, 1.165) is 16.7 Å². The van der Waals surface area contributed by atoms with E-state index in [2.05, 4.69) is 9.93 Å². The Morgan fingerprint density at radius 3 is 2.38 bits per heavy atom. The Balaban J connectivity index is 2.14. The van der Waals surface area contributed by atoms with E-state index in [-0.39, 0.29) is 4.90 Å². The van der Waals surface area contributed by atoms with Crippen LogP contribution in [0.4, 0.5) is 0 Å². The zero-order valence-electron chi connectivity index (χ0n) is 11.7. The molecule has 4 nitrogen and oxygen atoms in total. The number of rotatable bonds is 4. The predicted molar refractivity (Wildman–Crippen MR) is 85.3 cm³/mol. The molecule has 0 aliphatic heterocycles. The Kier molecular flexibility index (Phi) is 4.65. The summed E-state index contributed by atoms with van der Waals surface area (Å²) in [6.07, 6.45) is 1.49. The van der Waals surface area contributed by atoms with Gasteiger partial charge in [-0.15, -0.1) is 0 Å². The highest BCUT2D eigenvalue weighted by molar-refractivity contribution is 7.89. The number of aryl methyl sites for hydroxylation is 2. The lowest BCUT2D eigenvalue weighted by Gasteiger charge is -2.04. The molecular formula is C15H15ClN2O2S. The monoisotopic (exact) mass is 322 g/mol.